The van der Waals surface area contributed by atoms with Crippen LogP contribution in [0.2, 0.25) is 0 Å². The number of anilines is 2. The van der Waals surface area contributed by atoms with E-state index in [0.29, 0.717) is 12.2 Å². The van der Waals surface area contributed by atoms with Crippen LogP contribution >= 0.6 is 0 Å². The van der Waals surface area contributed by atoms with Gasteiger partial charge in [-0.3, -0.25) is 14.8 Å². The number of nitrogens with one attached hydrogen (secondary N) is 1. The predicted molar refractivity (Wildman–Crippen MR) is 82.0 cm³/mol. The molecule has 0 saturated heterocycles. The van der Waals surface area contributed by atoms with E-state index in [1.165, 1.54) is 41.4 Å². The maximum atomic E-state index is 10.9. The molecule has 2 aromatic rings. The van der Waals surface area contributed by atoms with Gasteiger partial charge in [0.15, 0.2) is 0 Å². The molecule has 2 aromatic heterocycles. The van der Waals surface area contributed by atoms with E-state index in [4.69, 9.17) is 4.84 Å². The van der Waals surface area contributed by atoms with Gasteiger partial charge >= 0.3 is 5.69 Å². The summed E-state index contributed by atoms with van der Waals surface area (Å²) in [5, 5.41) is 29.3. The molecule has 1 unspecified atom stereocenters. The van der Waals surface area contributed by atoms with Crippen molar-refractivity contribution in [1.29, 1.82) is 0 Å². The first-order chi connectivity index (χ1) is 11.0. The van der Waals surface area contributed by atoms with Gasteiger partial charge in [-0.15, -0.1) is 0 Å². The summed E-state index contributed by atoms with van der Waals surface area (Å²) in [7, 11) is 3.22. The third kappa shape index (κ3) is 4.71. The van der Waals surface area contributed by atoms with Crippen molar-refractivity contribution < 1.29 is 14.9 Å². The van der Waals surface area contributed by atoms with E-state index in [1.807, 2.05) is 0 Å². The average molecular weight is 322 g/mol. The number of aliphatic hydroxyl groups is 1. The zero-order chi connectivity index (χ0) is 16.8. The molecule has 0 spiro atoms. The van der Waals surface area contributed by atoms with Crippen molar-refractivity contribution in [2.45, 2.75) is 12.6 Å². The van der Waals surface area contributed by atoms with Crippen molar-refractivity contribution in [3.05, 3.63) is 40.8 Å². The highest BCUT2D eigenvalue weighted by Gasteiger charge is 2.15. The van der Waals surface area contributed by atoms with Crippen molar-refractivity contribution in [1.82, 2.24) is 19.8 Å². The van der Waals surface area contributed by atoms with Crippen LogP contribution in [-0.2, 0) is 11.4 Å². The van der Waals surface area contributed by atoms with Crippen molar-refractivity contribution >= 4 is 17.2 Å². The van der Waals surface area contributed by atoms with Crippen molar-refractivity contribution in [3.63, 3.8) is 0 Å². The van der Waals surface area contributed by atoms with Crippen LogP contribution in [-0.4, -0.2) is 56.7 Å². The van der Waals surface area contributed by atoms with Crippen LogP contribution in [0.4, 0.5) is 17.2 Å². The van der Waals surface area contributed by atoms with Crippen LogP contribution in [0.3, 0.4) is 0 Å². The molecule has 23 heavy (non-hydrogen) atoms. The molecule has 2 heterocycles. The summed E-state index contributed by atoms with van der Waals surface area (Å²) in [6.07, 6.45) is 3.93. The Labute approximate surface area is 132 Å². The highest BCUT2D eigenvalue weighted by atomic mass is 16.7. The van der Waals surface area contributed by atoms with E-state index in [9.17, 15) is 15.2 Å². The predicted octanol–water partition coefficient (Wildman–Crippen LogP) is 0.784. The van der Waals surface area contributed by atoms with Crippen molar-refractivity contribution in [2.75, 3.05) is 26.0 Å². The maximum Gasteiger partial charge on any atom is 0.311 e. The Morgan fingerprint density at radius 1 is 1.61 bits per heavy atom. The highest BCUT2D eigenvalue weighted by Crippen LogP contribution is 2.24. The maximum absolute atomic E-state index is 10.9. The first-order valence-electron chi connectivity index (χ1n) is 6.81. The topological polar surface area (TPSA) is 119 Å². The van der Waals surface area contributed by atoms with Gasteiger partial charge in [-0.1, -0.05) is 0 Å². The van der Waals surface area contributed by atoms with E-state index in [-0.39, 0.29) is 18.1 Å². The number of rotatable bonds is 8. The van der Waals surface area contributed by atoms with Gasteiger partial charge in [0, 0.05) is 25.5 Å². The molecule has 0 aliphatic carbocycles. The van der Waals surface area contributed by atoms with Gasteiger partial charge in [-0.05, 0) is 6.07 Å². The lowest BCUT2D eigenvalue weighted by Crippen LogP contribution is -2.31. The van der Waals surface area contributed by atoms with Crippen LogP contribution in [0.5, 0.6) is 0 Å². The Morgan fingerprint density at radius 3 is 3.09 bits per heavy atom. The molecule has 0 radical (unpaired) electrons. The fraction of sp³-hybridized carbons (Fsp3) is 0.385. The second-order valence-electron chi connectivity index (χ2n) is 4.85. The largest absolute Gasteiger partial charge is 0.390 e. The third-order valence-electron chi connectivity index (χ3n) is 3.06. The Hall–Kier alpha value is -2.56. The molecule has 0 amide bonds. The summed E-state index contributed by atoms with van der Waals surface area (Å²) < 4.78 is 1.53. The zero-order valence-electron chi connectivity index (χ0n) is 12.8. The minimum absolute atomic E-state index is 0.123. The molecule has 0 aliphatic heterocycles. The second kappa shape index (κ2) is 7.63. The van der Waals surface area contributed by atoms with E-state index < -0.39 is 11.0 Å². The van der Waals surface area contributed by atoms with Crippen molar-refractivity contribution in [3.8, 4) is 0 Å². The first-order valence-corrected chi connectivity index (χ1v) is 6.81. The summed E-state index contributed by atoms with van der Waals surface area (Å²) in [5.74, 6) is 0.136. The first kappa shape index (κ1) is 16.8. The Kier molecular flexibility index (Phi) is 5.57. The average Bonchev–Trinajstić information content (AvgIpc) is 2.94. The molecule has 1 atom stereocenters. The van der Waals surface area contributed by atoms with Crippen LogP contribution in [0.25, 0.3) is 0 Å². The molecule has 10 heteroatoms. The number of nitrogens with zero attached hydrogens (tertiary/aromatic N) is 5. The standard InChI is InChI=1S/C13H18N6O4/c1-17(23-2)8-11(20)9-18-7-10(6-15-18)16-13-12(19(21)22)4-3-5-14-13/h3-7,11,20H,8-9H2,1-2H3,(H,14,16). The minimum atomic E-state index is -0.670. The number of nitro groups is 1. The van der Waals surface area contributed by atoms with E-state index in [2.05, 4.69) is 15.4 Å². The molecule has 0 fully saturated rings. The second-order valence-corrected chi connectivity index (χ2v) is 4.85. The quantitative estimate of drug-likeness (QED) is 0.541. The van der Waals surface area contributed by atoms with Crippen LogP contribution in [0, 0.1) is 10.1 Å². The molecule has 124 valence electrons. The fourth-order valence-electron chi connectivity index (χ4n) is 1.95. The number of hydrogen-bond donors (Lipinski definition) is 2. The van der Waals surface area contributed by atoms with E-state index in [0.717, 1.165) is 0 Å². The molecule has 0 bridgehead atoms. The molecular formula is C13H18N6O4. The van der Waals surface area contributed by atoms with Gasteiger partial charge in [0.2, 0.25) is 5.82 Å². The molecule has 2 N–H and O–H groups in total. The van der Waals surface area contributed by atoms with Crippen LogP contribution in [0.15, 0.2) is 30.7 Å². The monoisotopic (exact) mass is 322 g/mol. The highest BCUT2D eigenvalue weighted by molar-refractivity contribution is 5.64. The molecule has 0 aliphatic rings. The normalized spacial score (nSPS) is 12.3. The lowest BCUT2D eigenvalue weighted by atomic mass is 10.3. The Balaban J connectivity index is 2.01. The van der Waals surface area contributed by atoms with Crippen LogP contribution < -0.4 is 5.32 Å². The van der Waals surface area contributed by atoms with Gasteiger partial charge in [-0.25, -0.2) is 4.98 Å². The number of aliphatic hydroxyl groups excluding tert-OH is 1. The summed E-state index contributed by atoms with van der Waals surface area (Å²) in [6, 6.07) is 2.86. The molecule has 0 saturated carbocycles. The Morgan fingerprint density at radius 2 is 2.39 bits per heavy atom. The molecule has 2 rings (SSSR count). The molecule has 10 nitrogen and oxygen atoms in total. The number of pyridine rings is 1. The Bertz CT molecular complexity index is 661. The van der Waals surface area contributed by atoms with Gasteiger partial charge in [0.25, 0.3) is 0 Å². The zero-order valence-corrected chi connectivity index (χ0v) is 12.8. The van der Waals surface area contributed by atoms with E-state index >= 15 is 0 Å². The van der Waals surface area contributed by atoms with Gasteiger partial charge < -0.3 is 15.3 Å². The summed E-state index contributed by atoms with van der Waals surface area (Å²) in [6.45, 7) is 0.588. The van der Waals surface area contributed by atoms with Gasteiger partial charge in [-0.2, -0.15) is 10.2 Å². The van der Waals surface area contributed by atoms with E-state index in [1.54, 1.807) is 13.2 Å². The lowest BCUT2D eigenvalue weighted by molar-refractivity contribution is -0.384. The number of aromatic nitrogens is 3. The fourth-order valence-corrected chi connectivity index (χ4v) is 1.95. The van der Waals surface area contributed by atoms with Gasteiger partial charge in [0.05, 0.1) is 43.1 Å². The molecule has 0 aromatic carbocycles. The number of hydrogen-bond acceptors (Lipinski definition) is 8. The SMILES string of the molecule is CON(C)CC(O)Cn1cc(Nc2ncccc2[N+](=O)[O-])cn1. The van der Waals surface area contributed by atoms with Gasteiger partial charge in [0.1, 0.15) is 0 Å². The third-order valence-corrected chi connectivity index (χ3v) is 3.06. The number of likely N-dealkylation sites (N-methyl/N-ethyl adjacent to an activating group) is 1. The number of hydroxylamine groups is 2. The molecular weight excluding hydrogens is 304 g/mol. The lowest BCUT2D eigenvalue weighted by Gasteiger charge is -2.17. The van der Waals surface area contributed by atoms with Crippen molar-refractivity contribution in [2.24, 2.45) is 0 Å². The summed E-state index contributed by atoms with van der Waals surface area (Å²) in [4.78, 5) is 19.3. The minimum Gasteiger partial charge on any atom is -0.390 e. The summed E-state index contributed by atoms with van der Waals surface area (Å²) >= 11 is 0. The van der Waals surface area contributed by atoms with Crippen LogP contribution in [0.1, 0.15) is 0 Å². The smallest absolute Gasteiger partial charge is 0.311 e. The summed E-state index contributed by atoms with van der Waals surface area (Å²) in [5.41, 5.74) is 0.418.